The highest BCUT2D eigenvalue weighted by Crippen LogP contribution is 2.16. The van der Waals surface area contributed by atoms with Crippen LogP contribution < -0.4 is 65.1 Å². The van der Waals surface area contributed by atoms with Gasteiger partial charge in [0.15, 0.2) is 0 Å². The molecule has 0 heterocycles. The smallest absolute Gasteiger partial charge is 0.0450 e. The molecule has 0 fully saturated rings. The van der Waals surface area contributed by atoms with Gasteiger partial charge in [0, 0.05) is 117 Å². The van der Waals surface area contributed by atoms with E-state index in [-0.39, 0.29) is 0 Å². The summed E-state index contributed by atoms with van der Waals surface area (Å²) in [5.74, 6) is 0. The van der Waals surface area contributed by atoms with Crippen molar-refractivity contribution in [2.75, 3.05) is 115 Å². The molecule has 0 unspecified atom stereocenters. The Bertz CT molecular complexity index is 3250. The Morgan fingerprint density at radius 1 is 0.294 bits per heavy atom. The first-order valence-corrected chi connectivity index (χ1v) is 37.2. The predicted octanol–water partition coefficient (Wildman–Crippen LogP) is 17.6. The van der Waals surface area contributed by atoms with E-state index >= 15 is 0 Å². The fourth-order valence-corrected chi connectivity index (χ4v) is 9.38. The van der Waals surface area contributed by atoms with Gasteiger partial charge in [-0.15, -0.1) is 0 Å². The van der Waals surface area contributed by atoms with Gasteiger partial charge in [0.1, 0.15) is 0 Å². The molecule has 0 aromatic heterocycles. The van der Waals surface area contributed by atoms with Gasteiger partial charge in [-0.2, -0.15) is 0 Å². The summed E-state index contributed by atoms with van der Waals surface area (Å²) in [4.78, 5) is 4.57. The second-order valence-electron chi connectivity index (χ2n) is 23.5. The molecule has 9 aromatic carbocycles. The van der Waals surface area contributed by atoms with Gasteiger partial charge in [-0.1, -0.05) is 237 Å². The summed E-state index contributed by atoms with van der Waals surface area (Å²) >= 11 is 17.4. The minimum absolute atomic E-state index is 0.797. The van der Waals surface area contributed by atoms with E-state index in [0.29, 0.717) is 0 Å². The van der Waals surface area contributed by atoms with Crippen LogP contribution in [0.4, 0.5) is 28.4 Å². The van der Waals surface area contributed by atoms with E-state index in [2.05, 4.69) is 225 Å². The van der Waals surface area contributed by atoms with Crippen LogP contribution in [0, 0.1) is 0 Å². The minimum atomic E-state index is 0.797. The van der Waals surface area contributed by atoms with E-state index in [1.165, 1.54) is 55.9 Å². The molecule has 0 atom stereocenters. The van der Waals surface area contributed by atoms with Crippen LogP contribution in [0.2, 0.25) is 15.1 Å². The number of nitrogens with zero attached hydrogens (tertiary/aromatic N) is 2. The molecular weight excluding hydrogens is 1320 g/mol. The second kappa shape index (κ2) is 62.1. The third kappa shape index (κ3) is 48.4. The van der Waals surface area contributed by atoms with Crippen molar-refractivity contribution in [2.24, 2.45) is 0 Å². The average Bonchev–Trinajstić information content (AvgIpc) is 1.21. The lowest BCUT2D eigenvalue weighted by Crippen LogP contribution is -2.16. The van der Waals surface area contributed by atoms with Crippen LogP contribution in [-0.2, 0) is 58.9 Å². The highest BCUT2D eigenvalue weighted by molar-refractivity contribution is 6.31. The first kappa shape index (κ1) is 92.5. The lowest BCUT2D eigenvalue weighted by molar-refractivity contribution is 0.346. The highest BCUT2D eigenvalue weighted by Gasteiger charge is 2.01. The van der Waals surface area contributed by atoms with Gasteiger partial charge in [0.25, 0.3) is 0 Å². The predicted molar refractivity (Wildman–Crippen MR) is 451 cm³/mol. The van der Waals surface area contributed by atoms with Gasteiger partial charge in [-0.05, 0) is 208 Å². The van der Waals surface area contributed by atoms with Crippen molar-refractivity contribution in [3.05, 3.63) is 290 Å². The summed E-state index contributed by atoms with van der Waals surface area (Å²) < 4.78 is 0. The fraction of sp³-hybridized carbons (Fsp3) is 0.365. The van der Waals surface area contributed by atoms with Crippen LogP contribution in [0.1, 0.15) is 112 Å². The number of rotatable bonds is 29. The lowest BCUT2D eigenvalue weighted by Gasteiger charge is -2.13. The van der Waals surface area contributed by atoms with Crippen LogP contribution in [0.5, 0.6) is 0 Å². The molecule has 558 valence electrons. The zero-order chi connectivity index (χ0) is 75.2. The molecule has 0 spiro atoms. The maximum atomic E-state index is 5.92. The molecule has 0 saturated heterocycles. The van der Waals surface area contributed by atoms with E-state index in [1.807, 2.05) is 148 Å². The number of anilines is 5. The molecule has 0 aliphatic rings. The molecule has 17 heteroatoms. The Morgan fingerprint density at radius 3 is 1.12 bits per heavy atom. The van der Waals surface area contributed by atoms with Crippen LogP contribution in [0.25, 0.3) is 0 Å². The minimum Gasteiger partial charge on any atom is -0.399 e. The van der Waals surface area contributed by atoms with E-state index in [0.717, 1.165) is 155 Å². The van der Waals surface area contributed by atoms with Gasteiger partial charge < -0.3 is 74.9 Å². The number of nitrogen functional groups attached to an aromatic ring is 3. The molecule has 0 radical (unpaired) electrons. The van der Waals surface area contributed by atoms with Crippen molar-refractivity contribution in [3.8, 4) is 0 Å². The summed E-state index contributed by atoms with van der Waals surface area (Å²) in [6, 6.07) is 74.9. The van der Waals surface area contributed by atoms with Crippen molar-refractivity contribution >= 4 is 63.2 Å². The molecule has 15 N–H and O–H groups in total. The third-order valence-corrected chi connectivity index (χ3v) is 15.9. The summed E-state index contributed by atoms with van der Waals surface area (Å²) in [5.41, 5.74) is 33.2. The highest BCUT2D eigenvalue weighted by atomic mass is 35.5. The van der Waals surface area contributed by atoms with Crippen LogP contribution in [0.3, 0.4) is 0 Å². The maximum absolute atomic E-state index is 5.92. The standard InChI is InChI=1S/C11H18N2.C10H16N2.C10H15N.3C9H12ClN.3C9H14N2/c1-4-13(3)9-10-5-7-11(12-2)8-6-10;1-3-12-8-9-5-4-6-10(7-9)11-2;1-3-11(2)9-10-7-5-4-6-8-10;1-2-11-7-8-3-5-9(10)6-4-8;1-2-11-7-8-4-3-5-9(10)6-8;1-2-11-7-8-5-3-4-6-9(8)10;1-2-11-7-8-3-5-9(10)6-4-8;1-2-11-7-8-4-3-5-9(10)6-8;1-2-11-7-8-5-3-4-6-9(8)10/h5-8,12H,4,9H2,1-3H3;4-7,11-12H,3,8H2,1-2H3;4-8H,3,9H2,1-2H3;3*3-6,11H,2,7H2,1H3;3*3-6,11H,2,7,10H2,1H3. The van der Waals surface area contributed by atoms with Gasteiger partial charge >= 0.3 is 0 Å². The fourth-order valence-electron chi connectivity index (χ4n) is 8.83. The van der Waals surface area contributed by atoms with Crippen molar-refractivity contribution < 1.29 is 0 Å². The molecule has 14 nitrogen and oxygen atoms in total. The van der Waals surface area contributed by atoms with Gasteiger partial charge in [0.05, 0.1) is 0 Å². The van der Waals surface area contributed by atoms with Gasteiger partial charge in [-0.25, -0.2) is 0 Å². The SMILES string of the molecule is CCN(C)Cc1ccc(NC)cc1.CCN(C)Cc1ccccc1.CCNCc1ccc(Cl)cc1.CCNCc1ccc(N)cc1.CCNCc1cccc(Cl)c1.CCNCc1cccc(N)c1.CCNCc1cccc(NC)c1.CCNCc1ccccc1Cl.CCNCc1ccccc1N. The number of benzene rings is 9. The Labute approximate surface area is 632 Å². The van der Waals surface area contributed by atoms with Crippen LogP contribution >= 0.6 is 34.8 Å². The number of halogens is 3. The number of nitrogens with two attached hydrogens (primary N) is 3. The first-order chi connectivity index (χ1) is 49.4. The van der Waals surface area contributed by atoms with Crippen LogP contribution in [0.15, 0.2) is 224 Å². The monoisotopic (exact) mass is 1450 g/mol. The molecule has 0 bridgehead atoms. The maximum Gasteiger partial charge on any atom is 0.0450 e. The lowest BCUT2D eigenvalue weighted by atomic mass is 10.2. The number of hydrogen-bond acceptors (Lipinski definition) is 14. The zero-order valence-electron chi connectivity index (χ0n) is 63.9. The second-order valence-corrected chi connectivity index (χ2v) is 24.8. The molecule has 0 aliphatic heterocycles. The number of hydrogen-bond donors (Lipinski definition) is 12. The molecule has 9 rings (SSSR count). The van der Waals surface area contributed by atoms with Gasteiger partial charge in [-0.3, -0.25) is 0 Å². The van der Waals surface area contributed by atoms with E-state index in [1.54, 1.807) is 0 Å². The van der Waals surface area contributed by atoms with E-state index in [9.17, 15) is 0 Å². The average molecular weight is 1450 g/mol. The van der Waals surface area contributed by atoms with Crippen molar-refractivity contribution in [3.63, 3.8) is 0 Å². The van der Waals surface area contributed by atoms with Gasteiger partial charge in [0.2, 0.25) is 0 Å². The van der Waals surface area contributed by atoms with E-state index in [4.69, 9.17) is 52.0 Å². The zero-order valence-corrected chi connectivity index (χ0v) is 66.1. The summed E-state index contributed by atoms with van der Waals surface area (Å²) in [7, 11) is 8.14. The first-order valence-electron chi connectivity index (χ1n) is 36.1. The van der Waals surface area contributed by atoms with Crippen molar-refractivity contribution in [2.45, 2.75) is 121 Å². The summed E-state index contributed by atoms with van der Waals surface area (Å²) in [6.45, 7) is 36.6. The largest absolute Gasteiger partial charge is 0.399 e. The van der Waals surface area contributed by atoms with E-state index < -0.39 is 0 Å². The molecule has 9 aromatic rings. The summed E-state index contributed by atoms with van der Waals surface area (Å²) in [6.07, 6.45) is 0. The topological polar surface area (TPSA) is 193 Å². The molecule has 0 aliphatic carbocycles. The van der Waals surface area contributed by atoms with Crippen LogP contribution in [-0.4, -0.2) is 96.9 Å². The normalized spacial score (nSPS) is 10.1. The molecule has 0 amide bonds. The Morgan fingerprint density at radius 2 is 0.667 bits per heavy atom. The molecule has 102 heavy (non-hydrogen) atoms. The molecular formula is C85H127Cl3N14. The molecule has 0 saturated carbocycles. The third-order valence-electron chi connectivity index (χ3n) is 15.1. The Kier molecular flexibility index (Phi) is 56.3. The number of para-hydroxylation sites is 1. The van der Waals surface area contributed by atoms with Crippen molar-refractivity contribution in [1.82, 2.24) is 47.0 Å². The quantitative estimate of drug-likeness (QED) is 0.0198. The Balaban J connectivity index is 0.000000574. The summed E-state index contributed by atoms with van der Waals surface area (Å²) in [5, 5.41) is 31.4. The number of nitrogens with one attached hydrogen (secondary N) is 9. The Hall–Kier alpha value is -7.51. The van der Waals surface area contributed by atoms with Crippen molar-refractivity contribution in [1.29, 1.82) is 0 Å².